The molecule has 0 aliphatic heterocycles. The van der Waals surface area contributed by atoms with Crippen LogP contribution in [0.4, 0.5) is 0 Å². The monoisotopic (exact) mass is 248 g/mol. The first-order valence-electron chi connectivity index (χ1n) is 6.30. The Bertz CT molecular complexity index is 412. The quantitative estimate of drug-likeness (QED) is 0.859. The average Bonchev–Trinajstić information content (AvgIpc) is 2.12. The molecule has 3 nitrogen and oxygen atoms in total. The Morgan fingerprint density at radius 2 is 1.72 bits per heavy atom. The Morgan fingerprint density at radius 3 is 2.11 bits per heavy atom. The highest BCUT2D eigenvalue weighted by Gasteiger charge is 2.28. The minimum Gasteiger partial charge on any atom is -0.368 e. The summed E-state index contributed by atoms with van der Waals surface area (Å²) < 4.78 is 0. The van der Waals surface area contributed by atoms with Gasteiger partial charge in [0, 0.05) is 6.54 Å². The molecular weight excluding hydrogens is 224 g/mol. The zero-order chi connectivity index (χ0) is 13.9. The minimum absolute atomic E-state index is 0.176. The maximum absolute atomic E-state index is 11.5. The molecular formula is C15H24N2O. The molecule has 100 valence electrons. The fraction of sp³-hybridized carbons (Fsp3) is 0.533. The van der Waals surface area contributed by atoms with E-state index in [1.807, 2.05) is 20.8 Å². The van der Waals surface area contributed by atoms with Gasteiger partial charge in [0.25, 0.3) is 0 Å². The summed E-state index contributed by atoms with van der Waals surface area (Å²) >= 11 is 0. The number of carbonyl (C=O) groups excluding carboxylic acids is 1. The van der Waals surface area contributed by atoms with Crippen LogP contribution in [0.1, 0.15) is 37.5 Å². The lowest BCUT2D eigenvalue weighted by Gasteiger charge is -2.29. The predicted octanol–water partition coefficient (Wildman–Crippen LogP) is 2.29. The highest BCUT2D eigenvalue weighted by Crippen LogP contribution is 2.19. The first-order chi connectivity index (χ1) is 8.20. The van der Waals surface area contributed by atoms with Gasteiger partial charge in [-0.15, -0.1) is 0 Å². The molecule has 0 saturated heterocycles. The highest BCUT2D eigenvalue weighted by molar-refractivity contribution is 5.80. The summed E-state index contributed by atoms with van der Waals surface area (Å²) in [5.41, 5.74) is 8.92. The van der Waals surface area contributed by atoms with E-state index in [0.717, 1.165) is 0 Å². The Morgan fingerprint density at radius 1 is 1.22 bits per heavy atom. The maximum Gasteiger partial charge on any atom is 0.235 e. The zero-order valence-electron chi connectivity index (χ0n) is 12.0. The van der Waals surface area contributed by atoms with Gasteiger partial charge in [0.2, 0.25) is 5.91 Å². The number of carbonyl (C=O) groups is 1. The molecule has 0 radical (unpaired) electrons. The van der Waals surface area contributed by atoms with Crippen LogP contribution >= 0.6 is 0 Å². The van der Waals surface area contributed by atoms with Crippen LogP contribution in [0, 0.1) is 19.3 Å². The molecule has 0 saturated carbocycles. The van der Waals surface area contributed by atoms with Crippen molar-refractivity contribution in [3.05, 3.63) is 34.9 Å². The second-order valence-corrected chi connectivity index (χ2v) is 6.08. The van der Waals surface area contributed by atoms with E-state index >= 15 is 0 Å². The van der Waals surface area contributed by atoms with Gasteiger partial charge < -0.3 is 11.1 Å². The Hall–Kier alpha value is -1.35. The third-order valence-corrected chi connectivity index (χ3v) is 2.94. The van der Waals surface area contributed by atoms with Gasteiger partial charge in [0.1, 0.15) is 0 Å². The normalized spacial score (nSPS) is 13.4. The first kappa shape index (κ1) is 14.7. The van der Waals surface area contributed by atoms with E-state index in [-0.39, 0.29) is 17.4 Å². The third kappa shape index (κ3) is 4.15. The van der Waals surface area contributed by atoms with E-state index in [0.29, 0.717) is 6.54 Å². The predicted molar refractivity (Wildman–Crippen MR) is 75.2 cm³/mol. The molecule has 1 amide bonds. The summed E-state index contributed by atoms with van der Waals surface area (Å²) in [5.74, 6) is -0.299. The standard InChI is InChI=1S/C15H24N2O/c1-10-6-11(2)8-12(7-10)9-17-13(14(16)18)15(3,4)5/h6-8,13,17H,9H2,1-5H3,(H2,16,18). The van der Waals surface area contributed by atoms with Crippen LogP contribution in [0.5, 0.6) is 0 Å². The van der Waals surface area contributed by atoms with Gasteiger partial charge in [0.15, 0.2) is 0 Å². The number of nitrogens with one attached hydrogen (secondary N) is 1. The van der Waals surface area contributed by atoms with Crippen molar-refractivity contribution in [3.8, 4) is 0 Å². The third-order valence-electron chi connectivity index (χ3n) is 2.94. The summed E-state index contributed by atoms with van der Waals surface area (Å²) in [6, 6.07) is 6.07. The molecule has 0 fully saturated rings. The number of aryl methyl sites for hydroxylation is 2. The topological polar surface area (TPSA) is 55.1 Å². The number of primary amides is 1. The van der Waals surface area contributed by atoms with Crippen LogP contribution in [0.25, 0.3) is 0 Å². The molecule has 3 N–H and O–H groups in total. The van der Waals surface area contributed by atoms with Gasteiger partial charge in [-0.1, -0.05) is 50.1 Å². The lowest BCUT2D eigenvalue weighted by molar-refractivity contribution is -0.122. The lowest BCUT2D eigenvalue weighted by atomic mass is 9.86. The number of nitrogens with two attached hydrogens (primary N) is 1. The van der Waals surface area contributed by atoms with E-state index in [2.05, 4.69) is 37.4 Å². The molecule has 1 aromatic rings. The molecule has 0 aromatic heterocycles. The van der Waals surface area contributed by atoms with Gasteiger partial charge in [-0.2, -0.15) is 0 Å². The van der Waals surface area contributed by atoms with Gasteiger partial charge in [-0.3, -0.25) is 4.79 Å². The van der Waals surface area contributed by atoms with E-state index < -0.39 is 0 Å². The summed E-state index contributed by atoms with van der Waals surface area (Å²) in [7, 11) is 0. The van der Waals surface area contributed by atoms with Crippen LogP contribution < -0.4 is 11.1 Å². The molecule has 0 bridgehead atoms. The maximum atomic E-state index is 11.5. The Kier molecular flexibility index (Phi) is 4.52. The SMILES string of the molecule is Cc1cc(C)cc(CNC(C(N)=O)C(C)(C)C)c1. The molecule has 1 rings (SSSR count). The molecule has 0 spiro atoms. The van der Waals surface area contributed by atoms with Crippen LogP contribution in [0.15, 0.2) is 18.2 Å². The van der Waals surface area contributed by atoms with Crippen molar-refractivity contribution in [1.29, 1.82) is 0 Å². The molecule has 1 unspecified atom stereocenters. The minimum atomic E-state index is -0.321. The van der Waals surface area contributed by atoms with Crippen molar-refractivity contribution < 1.29 is 4.79 Å². The van der Waals surface area contributed by atoms with E-state index in [1.54, 1.807) is 0 Å². The van der Waals surface area contributed by atoms with Crippen LogP contribution in [-0.4, -0.2) is 11.9 Å². The highest BCUT2D eigenvalue weighted by atomic mass is 16.1. The molecule has 0 aliphatic carbocycles. The van der Waals surface area contributed by atoms with Gasteiger partial charge in [-0.25, -0.2) is 0 Å². The summed E-state index contributed by atoms with van der Waals surface area (Å²) in [6.45, 7) is 10.8. The first-order valence-corrected chi connectivity index (χ1v) is 6.30. The summed E-state index contributed by atoms with van der Waals surface area (Å²) in [6.07, 6.45) is 0. The summed E-state index contributed by atoms with van der Waals surface area (Å²) in [5, 5.41) is 3.26. The fourth-order valence-corrected chi connectivity index (χ4v) is 2.22. The van der Waals surface area contributed by atoms with E-state index in [9.17, 15) is 4.79 Å². The summed E-state index contributed by atoms with van der Waals surface area (Å²) in [4.78, 5) is 11.5. The van der Waals surface area contributed by atoms with Crippen molar-refractivity contribution in [2.75, 3.05) is 0 Å². The number of hydrogen-bond acceptors (Lipinski definition) is 2. The largest absolute Gasteiger partial charge is 0.368 e. The van der Waals surface area contributed by atoms with Crippen molar-refractivity contribution in [2.24, 2.45) is 11.1 Å². The van der Waals surface area contributed by atoms with Crippen molar-refractivity contribution >= 4 is 5.91 Å². The van der Waals surface area contributed by atoms with Gasteiger partial charge >= 0.3 is 0 Å². The fourth-order valence-electron chi connectivity index (χ4n) is 2.22. The Labute approximate surface area is 110 Å². The van der Waals surface area contributed by atoms with Crippen LogP contribution in [-0.2, 0) is 11.3 Å². The second kappa shape index (κ2) is 5.53. The zero-order valence-corrected chi connectivity index (χ0v) is 12.0. The second-order valence-electron chi connectivity index (χ2n) is 6.08. The van der Waals surface area contributed by atoms with E-state index in [4.69, 9.17) is 5.73 Å². The van der Waals surface area contributed by atoms with Crippen LogP contribution in [0.2, 0.25) is 0 Å². The number of benzene rings is 1. The van der Waals surface area contributed by atoms with Crippen molar-refractivity contribution in [2.45, 2.75) is 47.2 Å². The molecule has 1 atom stereocenters. The van der Waals surface area contributed by atoms with Gasteiger partial charge in [-0.05, 0) is 24.8 Å². The van der Waals surface area contributed by atoms with Crippen LogP contribution in [0.3, 0.4) is 0 Å². The average molecular weight is 248 g/mol. The Balaban J connectivity index is 2.76. The number of amides is 1. The van der Waals surface area contributed by atoms with E-state index in [1.165, 1.54) is 16.7 Å². The smallest absolute Gasteiger partial charge is 0.235 e. The number of hydrogen-bond donors (Lipinski definition) is 2. The molecule has 0 aliphatic rings. The molecule has 0 heterocycles. The van der Waals surface area contributed by atoms with Gasteiger partial charge in [0.05, 0.1) is 6.04 Å². The lowest BCUT2D eigenvalue weighted by Crippen LogP contribution is -2.49. The number of rotatable bonds is 4. The molecule has 18 heavy (non-hydrogen) atoms. The molecule has 1 aromatic carbocycles. The van der Waals surface area contributed by atoms with Crippen molar-refractivity contribution in [3.63, 3.8) is 0 Å². The molecule has 3 heteroatoms. The van der Waals surface area contributed by atoms with Crippen molar-refractivity contribution in [1.82, 2.24) is 5.32 Å².